The fraction of sp³-hybridized carbons (Fsp3) is 0.375. The molecule has 1 aliphatic rings. The van der Waals surface area contributed by atoms with Crippen LogP contribution < -0.4 is 10.5 Å². The average Bonchev–Trinajstić information content (AvgIpc) is 3.04. The maximum Gasteiger partial charge on any atom is 0.309 e. The Kier molecular flexibility index (Phi) is 5.09. The fourth-order valence-electron chi connectivity index (χ4n) is 3.93. The highest BCUT2D eigenvalue weighted by Gasteiger charge is 2.34. The van der Waals surface area contributed by atoms with Crippen LogP contribution in [-0.4, -0.2) is 16.6 Å². The number of esters is 1. The molecule has 2 unspecified atom stereocenters. The van der Waals surface area contributed by atoms with Crippen molar-refractivity contribution in [2.24, 2.45) is 11.7 Å². The molecule has 4 rings (SSSR count). The fourth-order valence-corrected chi connectivity index (χ4v) is 3.93. The lowest BCUT2D eigenvalue weighted by Gasteiger charge is -2.29. The van der Waals surface area contributed by atoms with E-state index in [9.17, 15) is 4.79 Å². The van der Waals surface area contributed by atoms with E-state index in [0.29, 0.717) is 19.4 Å². The van der Waals surface area contributed by atoms with Gasteiger partial charge in [0.1, 0.15) is 18.0 Å². The van der Waals surface area contributed by atoms with E-state index in [1.54, 1.807) is 0 Å². The predicted octanol–water partition coefficient (Wildman–Crippen LogP) is 4.65. The molecule has 152 valence electrons. The molecule has 0 saturated heterocycles. The first-order valence-electron chi connectivity index (χ1n) is 10.1. The molecule has 2 aromatic carbocycles. The highest BCUT2D eigenvalue weighted by atomic mass is 16.6. The van der Waals surface area contributed by atoms with Gasteiger partial charge in [-0.25, -0.2) is 0 Å². The van der Waals surface area contributed by atoms with Gasteiger partial charge in [0.05, 0.1) is 5.92 Å². The van der Waals surface area contributed by atoms with Crippen molar-refractivity contribution in [1.82, 2.24) is 4.98 Å². The number of H-pyrrole nitrogens is 1. The summed E-state index contributed by atoms with van der Waals surface area (Å²) in [7, 11) is 0. The Morgan fingerprint density at radius 3 is 2.66 bits per heavy atom. The zero-order valence-electron chi connectivity index (χ0n) is 17.2. The van der Waals surface area contributed by atoms with E-state index in [-0.39, 0.29) is 17.9 Å². The third kappa shape index (κ3) is 4.30. The molecule has 5 nitrogen and oxygen atoms in total. The SMILES string of the molecule is CC(C)(C)OC(=O)C1Cc2c([nH]c3ccc(OCc4ccccc4)cc23)C(N)C1. The maximum absolute atomic E-state index is 12.6. The number of hydrogen-bond donors (Lipinski definition) is 2. The summed E-state index contributed by atoms with van der Waals surface area (Å²) in [4.78, 5) is 16.1. The summed E-state index contributed by atoms with van der Waals surface area (Å²) in [5.74, 6) is 0.394. The molecular formula is C24H28N2O3. The summed E-state index contributed by atoms with van der Waals surface area (Å²) in [6.07, 6.45) is 1.21. The molecule has 0 bridgehead atoms. The second kappa shape index (κ2) is 7.56. The van der Waals surface area contributed by atoms with Crippen molar-refractivity contribution in [2.75, 3.05) is 0 Å². The molecule has 0 fully saturated rings. The van der Waals surface area contributed by atoms with Gasteiger partial charge < -0.3 is 20.2 Å². The third-order valence-corrected chi connectivity index (χ3v) is 5.26. The first-order valence-corrected chi connectivity index (χ1v) is 10.1. The second-order valence-corrected chi connectivity index (χ2v) is 8.78. The summed E-state index contributed by atoms with van der Waals surface area (Å²) >= 11 is 0. The molecule has 2 atom stereocenters. The highest BCUT2D eigenvalue weighted by molar-refractivity contribution is 5.87. The van der Waals surface area contributed by atoms with Gasteiger partial charge in [0.15, 0.2) is 0 Å². The monoisotopic (exact) mass is 392 g/mol. The quantitative estimate of drug-likeness (QED) is 0.634. The molecular weight excluding hydrogens is 364 g/mol. The van der Waals surface area contributed by atoms with Crippen molar-refractivity contribution in [1.29, 1.82) is 0 Å². The molecule has 3 N–H and O–H groups in total. The number of benzene rings is 2. The van der Waals surface area contributed by atoms with E-state index in [4.69, 9.17) is 15.2 Å². The number of aromatic nitrogens is 1. The summed E-state index contributed by atoms with van der Waals surface area (Å²) in [5.41, 5.74) is 10.2. The molecule has 0 aliphatic heterocycles. The zero-order valence-corrected chi connectivity index (χ0v) is 17.2. The lowest BCUT2D eigenvalue weighted by Crippen LogP contribution is -2.34. The Balaban J connectivity index is 1.58. The van der Waals surface area contributed by atoms with Crippen LogP contribution in [0, 0.1) is 5.92 Å². The number of carbonyl (C=O) groups is 1. The number of aromatic amines is 1. The van der Waals surface area contributed by atoms with Gasteiger partial charge in [-0.05, 0) is 62.9 Å². The first-order chi connectivity index (χ1) is 13.8. The lowest BCUT2D eigenvalue weighted by molar-refractivity contribution is -0.160. The molecule has 0 radical (unpaired) electrons. The van der Waals surface area contributed by atoms with Gasteiger partial charge in [-0.2, -0.15) is 0 Å². The van der Waals surface area contributed by atoms with Gasteiger partial charge in [0.25, 0.3) is 0 Å². The summed E-state index contributed by atoms with van der Waals surface area (Å²) in [6, 6.07) is 15.9. The average molecular weight is 392 g/mol. The molecule has 0 saturated carbocycles. The number of ether oxygens (including phenoxy) is 2. The van der Waals surface area contributed by atoms with Gasteiger partial charge in [0.2, 0.25) is 0 Å². The third-order valence-electron chi connectivity index (χ3n) is 5.26. The van der Waals surface area contributed by atoms with E-state index in [0.717, 1.165) is 33.5 Å². The Labute approximate surface area is 171 Å². The topological polar surface area (TPSA) is 77.3 Å². The summed E-state index contributed by atoms with van der Waals surface area (Å²) < 4.78 is 11.6. The minimum atomic E-state index is -0.500. The summed E-state index contributed by atoms with van der Waals surface area (Å²) in [6.45, 7) is 6.18. The Morgan fingerprint density at radius 2 is 1.93 bits per heavy atom. The molecule has 3 aromatic rings. The Morgan fingerprint density at radius 1 is 1.17 bits per heavy atom. The van der Waals surface area contributed by atoms with Crippen molar-refractivity contribution in [3.8, 4) is 5.75 Å². The van der Waals surface area contributed by atoms with Crippen LogP contribution >= 0.6 is 0 Å². The number of nitrogens with one attached hydrogen (secondary N) is 1. The predicted molar refractivity (Wildman–Crippen MR) is 114 cm³/mol. The largest absolute Gasteiger partial charge is 0.489 e. The number of nitrogens with two attached hydrogens (primary N) is 1. The lowest BCUT2D eigenvalue weighted by atomic mass is 9.83. The number of hydrogen-bond acceptors (Lipinski definition) is 4. The molecule has 5 heteroatoms. The van der Waals surface area contributed by atoms with E-state index >= 15 is 0 Å². The molecule has 1 heterocycles. The molecule has 1 aromatic heterocycles. The van der Waals surface area contributed by atoms with Gasteiger partial charge in [-0.15, -0.1) is 0 Å². The zero-order chi connectivity index (χ0) is 20.6. The Bertz CT molecular complexity index is 1020. The van der Waals surface area contributed by atoms with E-state index < -0.39 is 5.60 Å². The van der Waals surface area contributed by atoms with Gasteiger partial charge >= 0.3 is 5.97 Å². The highest BCUT2D eigenvalue weighted by Crippen LogP contribution is 2.38. The van der Waals surface area contributed by atoms with Gasteiger partial charge in [0, 0.05) is 22.6 Å². The van der Waals surface area contributed by atoms with Crippen LogP contribution in [0.4, 0.5) is 0 Å². The standard InChI is InChI=1S/C24H28N2O3/c1-24(2,3)29-23(27)16-11-19-18-13-17(28-14-15-7-5-4-6-8-15)9-10-21(18)26-22(19)20(25)12-16/h4-10,13,16,20,26H,11-12,14,25H2,1-3H3. The summed E-state index contributed by atoms with van der Waals surface area (Å²) in [5, 5.41) is 1.06. The normalized spacial score (nSPS) is 19.0. The molecule has 0 amide bonds. The van der Waals surface area contributed by atoms with Crippen LogP contribution in [0.25, 0.3) is 10.9 Å². The van der Waals surface area contributed by atoms with Crippen molar-refractivity contribution in [3.05, 3.63) is 65.4 Å². The van der Waals surface area contributed by atoms with Gasteiger partial charge in [-0.1, -0.05) is 30.3 Å². The molecule has 1 aliphatic carbocycles. The van der Waals surface area contributed by atoms with E-state index in [1.165, 1.54) is 0 Å². The minimum absolute atomic E-state index is 0.176. The van der Waals surface area contributed by atoms with Crippen molar-refractivity contribution >= 4 is 16.9 Å². The number of fused-ring (bicyclic) bond motifs is 3. The molecule has 0 spiro atoms. The van der Waals surface area contributed by atoms with Crippen LogP contribution in [0.2, 0.25) is 0 Å². The van der Waals surface area contributed by atoms with Crippen LogP contribution in [0.3, 0.4) is 0 Å². The number of carbonyl (C=O) groups excluding carboxylic acids is 1. The molecule has 29 heavy (non-hydrogen) atoms. The first kappa shape index (κ1) is 19.5. The minimum Gasteiger partial charge on any atom is -0.489 e. The van der Waals surface area contributed by atoms with Crippen LogP contribution in [0.1, 0.15) is 50.1 Å². The second-order valence-electron chi connectivity index (χ2n) is 8.78. The van der Waals surface area contributed by atoms with Crippen LogP contribution in [0.15, 0.2) is 48.5 Å². The van der Waals surface area contributed by atoms with E-state index in [1.807, 2.05) is 69.3 Å². The van der Waals surface area contributed by atoms with E-state index in [2.05, 4.69) is 4.98 Å². The van der Waals surface area contributed by atoms with Crippen molar-refractivity contribution < 1.29 is 14.3 Å². The van der Waals surface area contributed by atoms with Gasteiger partial charge in [-0.3, -0.25) is 4.79 Å². The number of rotatable bonds is 4. The maximum atomic E-state index is 12.6. The van der Waals surface area contributed by atoms with Crippen molar-refractivity contribution in [2.45, 2.75) is 51.9 Å². The Hall–Kier alpha value is -2.79. The van der Waals surface area contributed by atoms with Crippen LogP contribution in [-0.2, 0) is 22.6 Å². The smallest absolute Gasteiger partial charge is 0.309 e. The van der Waals surface area contributed by atoms with Crippen molar-refractivity contribution in [3.63, 3.8) is 0 Å². The van der Waals surface area contributed by atoms with Crippen LogP contribution in [0.5, 0.6) is 5.75 Å².